The minimum atomic E-state index is 0. The molecule has 0 amide bonds. The van der Waals surface area contributed by atoms with Crippen molar-refractivity contribution < 1.29 is 29.6 Å². The van der Waals surface area contributed by atoms with Crippen molar-refractivity contribution in [1.82, 2.24) is 4.98 Å². The van der Waals surface area contributed by atoms with E-state index in [2.05, 4.69) is 28.7 Å². The molecule has 1 heterocycles. The Morgan fingerprint density at radius 3 is 2.67 bits per heavy atom. The normalized spacial score (nSPS) is 9.73. The molecule has 0 radical (unpaired) electrons. The van der Waals surface area contributed by atoms with Gasteiger partial charge in [0.2, 0.25) is 5.13 Å². The summed E-state index contributed by atoms with van der Waals surface area (Å²) in [4.78, 5) is 14.2. The monoisotopic (exact) mass is 230 g/mol. The zero-order chi connectivity index (χ0) is 10.1. The van der Waals surface area contributed by atoms with Crippen LogP contribution in [0, 0.1) is 18.8 Å². The van der Waals surface area contributed by atoms with Gasteiger partial charge in [-0.2, -0.15) is 0 Å². The van der Waals surface area contributed by atoms with Crippen LogP contribution in [0.1, 0.15) is 11.1 Å². The van der Waals surface area contributed by atoms with E-state index in [0.29, 0.717) is 5.13 Å². The van der Waals surface area contributed by atoms with Crippen molar-refractivity contribution in [2.45, 2.75) is 13.8 Å². The number of benzene rings is 1. The van der Waals surface area contributed by atoms with Gasteiger partial charge in [0.1, 0.15) is 0 Å². The van der Waals surface area contributed by atoms with E-state index in [4.69, 9.17) is 0 Å². The molecule has 72 valence electrons. The fraction of sp³-hybridized carbons (Fsp3) is 0.222. The molecular formula is C9H9N3NaOS+. The number of fused-ring (bicyclic) bond motifs is 1. The molecule has 1 aromatic carbocycles. The van der Waals surface area contributed by atoms with Crippen LogP contribution in [0.3, 0.4) is 0 Å². The van der Waals surface area contributed by atoms with E-state index in [1.54, 1.807) is 0 Å². The standard InChI is InChI=1S/C9H9N3OS.Na/c1-5-3-7-8(4-6(5)2)14-9(10-7)11-12-13;/h3-4H,1-2H3,(H,10,11,13);/q;+1. The quantitative estimate of drug-likeness (QED) is 0.449. The molecule has 0 aliphatic carbocycles. The maximum atomic E-state index is 9.99. The van der Waals surface area contributed by atoms with Gasteiger partial charge in [-0.15, -0.1) is 4.91 Å². The Labute approximate surface area is 113 Å². The van der Waals surface area contributed by atoms with Crippen LogP contribution in [0.5, 0.6) is 0 Å². The molecule has 0 aliphatic heterocycles. The van der Waals surface area contributed by atoms with Gasteiger partial charge in [-0.25, -0.2) is 10.4 Å². The summed E-state index contributed by atoms with van der Waals surface area (Å²) in [6, 6.07) is 4.08. The van der Waals surface area contributed by atoms with Gasteiger partial charge in [0.15, 0.2) is 0 Å². The summed E-state index contributed by atoms with van der Waals surface area (Å²) in [5.41, 5.74) is 5.65. The molecule has 1 aromatic heterocycles. The molecule has 0 saturated carbocycles. The summed E-state index contributed by atoms with van der Waals surface area (Å²) in [7, 11) is 0. The van der Waals surface area contributed by atoms with Crippen molar-refractivity contribution in [3.8, 4) is 0 Å². The molecule has 0 aliphatic rings. The number of rotatable bonds is 2. The van der Waals surface area contributed by atoms with Crippen LogP contribution in [0.4, 0.5) is 5.13 Å². The van der Waals surface area contributed by atoms with Crippen LogP contribution < -0.4 is 35.0 Å². The molecule has 0 spiro atoms. The molecular weight excluding hydrogens is 221 g/mol. The number of nitrogens with one attached hydrogen (secondary N) is 1. The summed E-state index contributed by atoms with van der Waals surface area (Å²) < 4.78 is 1.07. The fourth-order valence-corrected chi connectivity index (χ4v) is 2.15. The second-order valence-electron chi connectivity index (χ2n) is 3.13. The number of nitrogens with zero attached hydrogens (tertiary/aromatic N) is 2. The van der Waals surface area contributed by atoms with E-state index in [1.807, 2.05) is 13.0 Å². The molecule has 0 saturated heterocycles. The van der Waals surface area contributed by atoms with Crippen molar-refractivity contribution in [1.29, 1.82) is 0 Å². The van der Waals surface area contributed by atoms with Crippen molar-refractivity contribution in [3.63, 3.8) is 0 Å². The third-order valence-corrected chi connectivity index (χ3v) is 3.07. The van der Waals surface area contributed by atoms with Gasteiger partial charge in [-0.3, -0.25) is 0 Å². The smallest absolute Gasteiger partial charge is 0.219 e. The summed E-state index contributed by atoms with van der Waals surface area (Å²) >= 11 is 1.43. The first kappa shape index (κ1) is 12.6. The van der Waals surface area contributed by atoms with E-state index in [9.17, 15) is 4.91 Å². The van der Waals surface area contributed by atoms with E-state index in [1.165, 1.54) is 22.5 Å². The van der Waals surface area contributed by atoms with Gasteiger partial charge in [-0.05, 0) is 37.1 Å². The van der Waals surface area contributed by atoms with Crippen LogP contribution in [-0.4, -0.2) is 4.98 Å². The van der Waals surface area contributed by atoms with Crippen molar-refractivity contribution in [2.75, 3.05) is 5.43 Å². The zero-order valence-electron chi connectivity index (χ0n) is 8.87. The average molecular weight is 230 g/mol. The Morgan fingerprint density at radius 2 is 2.00 bits per heavy atom. The second-order valence-corrected chi connectivity index (χ2v) is 4.16. The van der Waals surface area contributed by atoms with Crippen LogP contribution in [-0.2, 0) is 0 Å². The number of hydrogen-bond donors (Lipinski definition) is 1. The van der Waals surface area contributed by atoms with E-state index in [-0.39, 0.29) is 29.6 Å². The maximum absolute atomic E-state index is 9.99. The first-order valence-corrected chi connectivity index (χ1v) is 4.98. The molecule has 15 heavy (non-hydrogen) atoms. The first-order chi connectivity index (χ1) is 6.70. The van der Waals surface area contributed by atoms with Crippen molar-refractivity contribution in [3.05, 3.63) is 28.2 Å². The molecule has 6 heteroatoms. The molecule has 0 unspecified atom stereocenters. The number of thiazole rings is 1. The van der Waals surface area contributed by atoms with E-state index >= 15 is 0 Å². The Morgan fingerprint density at radius 1 is 1.33 bits per heavy atom. The number of nitroso groups, excluding NO2 is 1. The topological polar surface area (TPSA) is 54.4 Å². The fourth-order valence-electron chi connectivity index (χ4n) is 1.27. The van der Waals surface area contributed by atoms with Crippen molar-refractivity contribution in [2.24, 2.45) is 5.29 Å². The molecule has 1 N–H and O–H groups in total. The number of aromatic nitrogens is 1. The Bertz CT molecular complexity index is 458. The predicted octanol–water partition coefficient (Wildman–Crippen LogP) is 0.0104. The Balaban J connectivity index is 0.00000112. The number of hydrogen-bond acceptors (Lipinski definition) is 4. The van der Waals surface area contributed by atoms with Crippen LogP contribution in [0.2, 0.25) is 0 Å². The Hall–Kier alpha value is -0.490. The third-order valence-electron chi connectivity index (χ3n) is 2.15. The van der Waals surface area contributed by atoms with Gasteiger partial charge >= 0.3 is 29.6 Å². The summed E-state index contributed by atoms with van der Waals surface area (Å²) in [5.74, 6) is 0. The summed E-state index contributed by atoms with van der Waals surface area (Å²) in [5, 5.41) is 3.14. The van der Waals surface area contributed by atoms with Gasteiger partial charge in [0.05, 0.1) is 15.5 Å². The molecule has 0 bridgehead atoms. The van der Waals surface area contributed by atoms with Crippen LogP contribution >= 0.6 is 11.3 Å². The third kappa shape index (κ3) is 2.55. The number of aryl methyl sites for hydroxylation is 2. The SMILES string of the molecule is Cc1cc2nc(NN=O)sc2cc1C.[Na+]. The summed E-state index contributed by atoms with van der Waals surface area (Å²) in [6.07, 6.45) is 0. The Kier molecular flexibility index (Phi) is 4.21. The maximum Gasteiger partial charge on any atom is 1.00 e. The van der Waals surface area contributed by atoms with E-state index in [0.717, 1.165) is 10.2 Å². The van der Waals surface area contributed by atoms with Crippen LogP contribution in [0.15, 0.2) is 17.4 Å². The van der Waals surface area contributed by atoms with Gasteiger partial charge < -0.3 is 0 Å². The minimum absolute atomic E-state index is 0. The van der Waals surface area contributed by atoms with Gasteiger partial charge in [0, 0.05) is 0 Å². The molecule has 2 rings (SSSR count). The first-order valence-electron chi connectivity index (χ1n) is 4.17. The molecule has 4 nitrogen and oxygen atoms in total. The molecule has 0 fully saturated rings. The average Bonchev–Trinajstić information content (AvgIpc) is 2.48. The van der Waals surface area contributed by atoms with Gasteiger partial charge in [0.25, 0.3) is 0 Å². The minimum Gasteiger partial charge on any atom is -0.219 e. The van der Waals surface area contributed by atoms with E-state index < -0.39 is 0 Å². The van der Waals surface area contributed by atoms with Gasteiger partial charge in [-0.1, -0.05) is 11.3 Å². The summed E-state index contributed by atoms with van der Waals surface area (Å²) in [6.45, 7) is 4.10. The number of anilines is 1. The second kappa shape index (κ2) is 5.03. The van der Waals surface area contributed by atoms with Crippen LogP contribution in [0.25, 0.3) is 10.2 Å². The zero-order valence-corrected chi connectivity index (χ0v) is 11.7. The molecule has 2 aromatic rings. The predicted molar refractivity (Wildman–Crippen MR) is 58.5 cm³/mol. The molecule has 0 atom stereocenters. The largest absolute Gasteiger partial charge is 1.00 e. The van der Waals surface area contributed by atoms with Crippen molar-refractivity contribution >= 4 is 26.7 Å².